The monoisotopic (exact) mass is 711 g/mol. The van der Waals surface area contributed by atoms with Crippen LogP contribution in [0.1, 0.15) is 107 Å². The quantitative estimate of drug-likeness (QED) is 0.147. The molecule has 0 bridgehead atoms. The maximum atomic E-state index is 6.99. The Morgan fingerprint density at radius 1 is 0.648 bits per heavy atom. The summed E-state index contributed by atoms with van der Waals surface area (Å²) in [6.45, 7) is 20.3. The van der Waals surface area contributed by atoms with Crippen LogP contribution in [0.15, 0.2) is 108 Å². The first-order valence-corrected chi connectivity index (χ1v) is 19.5. The van der Waals surface area contributed by atoms with E-state index in [4.69, 9.17) is 9.40 Å². The Labute approximate surface area is 319 Å². The molecule has 3 aromatic heterocycles. The fourth-order valence-corrected chi connectivity index (χ4v) is 8.05. The molecule has 5 aromatic carbocycles. The minimum Gasteiger partial charge on any atom is -0.455 e. The van der Waals surface area contributed by atoms with Crippen LogP contribution in [0.5, 0.6) is 0 Å². The van der Waals surface area contributed by atoms with Crippen LogP contribution in [0.3, 0.4) is 0 Å². The molecule has 54 heavy (non-hydrogen) atoms. The van der Waals surface area contributed by atoms with Crippen LogP contribution in [-0.2, 0) is 7.05 Å². The number of nitrogens with zero attached hydrogens (tertiary/aromatic N) is 4. The van der Waals surface area contributed by atoms with E-state index >= 15 is 0 Å². The van der Waals surface area contributed by atoms with Gasteiger partial charge in [-0.2, -0.15) is 4.57 Å². The van der Waals surface area contributed by atoms with Gasteiger partial charge in [0.2, 0.25) is 0 Å². The molecule has 0 amide bonds. The number of para-hydroxylation sites is 2. The van der Waals surface area contributed by atoms with E-state index in [1.54, 1.807) is 0 Å². The van der Waals surface area contributed by atoms with Crippen molar-refractivity contribution in [1.82, 2.24) is 14.5 Å². The summed E-state index contributed by atoms with van der Waals surface area (Å²) in [6, 6.07) is 35.7. The molecule has 8 rings (SSSR count). The zero-order valence-corrected chi connectivity index (χ0v) is 33.3. The molecule has 8 aromatic rings. The van der Waals surface area contributed by atoms with Crippen molar-refractivity contribution in [3.63, 3.8) is 0 Å². The van der Waals surface area contributed by atoms with Gasteiger partial charge in [-0.25, -0.2) is 14.5 Å². The van der Waals surface area contributed by atoms with Crippen LogP contribution >= 0.6 is 0 Å². The highest BCUT2D eigenvalue weighted by molar-refractivity contribution is 6.10. The Balaban J connectivity index is 1.41. The Kier molecular flexibility index (Phi) is 9.00. The second-order valence-corrected chi connectivity index (χ2v) is 16.2. The van der Waals surface area contributed by atoms with Crippen molar-refractivity contribution in [2.45, 2.75) is 86.0 Å². The standard InChI is InChI=1S/C49H51N4O/c1-28(2)33-16-18-34(19-17-33)36-25-39(29(3)4)46(40(26-36)30(5)6)53-43-14-12-11-13-42(43)52(10)49(53)45-32(9)15-21-38-37-22-20-35(27-44(37)54-47(38)45)41-23-24-50-48(51-41)31(7)8/h11-31H,1-10H3/q+1. The lowest BCUT2D eigenvalue weighted by molar-refractivity contribution is -0.633. The smallest absolute Gasteiger partial charge is 0.299 e. The number of fused-ring (bicyclic) bond motifs is 4. The van der Waals surface area contributed by atoms with Gasteiger partial charge in [0.1, 0.15) is 22.7 Å². The van der Waals surface area contributed by atoms with Crippen molar-refractivity contribution >= 4 is 33.0 Å². The fraction of sp³-hybridized carbons (Fsp3) is 0.286. The second kappa shape index (κ2) is 13.7. The van der Waals surface area contributed by atoms with Crippen LogP contribution in [0.2, 0.25) is 0 Å². The molecule has 0 atom stereocenters. The summed E-state index contributed by atoms with van der Waals surface area (Å²) in [5.74, 6) is 3.26. The minimum absolute atomic E-state index is 0.248. The lowest BCUT2D eigenvalue weighted by Gasteiger charge is -2.21. The van der Waals surface area contributed by atoms with Crippen molar-refractivity contribution < 1.29 is 8.98 Å². The average molecular weight is 712 g/mol. The predicted octanol–water partition coefficient (Wildman–Crippen LogP) is 12.9. The molecule has 0 saturated carbocycles. The van der Waals surface area contributed by atoms with E-state index in [0.29, 0.717) is 5.92 Å². The van der Waals surface area contributed by atoms with Crippen molar-refractivity contribution in [3.8, 4) is 39.5 Å². The third-order valence-corrected chi connectivity index (χ3v) is 11.1. The lowest BCUT2D eigenvalue weighted by atomic mass is 9.87. The number of aromatic nitrogens is 4. The summed E-state index contributed by atoms with van der Waals surface area (Å²) in [5, 5.41) is 2.20. The molecule has 0 aliphatic heterocycles. The van der Waals surface area contributed by atoms with Gasteiger partial charge in [0.05, 0.1) is 12.7 Å². The highest BCUT2D eigenvalue weighted by atomic mass is 16.3. The third-order valence-electron chi connectivity index (χ3n) is 11.1. The number of imidazole rings is 1. The minimum atomic E-state index is 0.248. The van der Waals surface area contributed by atoms with Crippen molar-refractivity contribution in [3.05, 3.63) is 131 Å². The summed E-state index contributed by atoms with van der Waals surface area (Å²) >= 11 is 0. The van der Waals surface area contributed by atoms with E-state index < -0.39 is 0 Å². The molecule has 272 valence electrons. The highest BCUT2D eigenvalue weighted by Gasteiger charge is 2.34. The molecule has 0 radical (unpaired) electrons. The zero-order chi connectivity index (χ0) is 38.0. The van der Waals surface area contributed by atoms with Gasteiger partial charge < -0.3 is 4.42 Å². The van der Waals surface area contributed by atoms with Gasteiger partial charge in [-0.3, -0.25) is 0 Å². The van der Waals surface area contributed by atoms with E-state index in [9.17, 15) is 0 Å². The van der Waals surface area contributed by atoms with E-state index in [1.807, 2.05) is 12.3 Å². The molecule has 0 aliphatic carbocycles. The van der Waals surface area contributed by atoms with Gasteiger partial charge in [-0.05, 0) is 89.4 Å². The van der Waals surface area contributed by atoms with E-state index in [1.165, 1.54) is 44.5 Å². The van der Waals surface area contributed by atoms with Crippen LogP contribution in [0, 0.1) is 6.92 Å². The molecular formula is C49H51N4O+. The van der Waals surface area contributed by atoms with Gasteiger partial charge in [-0.1, -0.05) is 110 Å². The summed E-state index contributed by atoms with van der Waals surface area (Å²) < 4.78 is 11.9. The fourth-order valence-electron chi connectivity index (χ4n) is 8.05. The molecule has 0 unspecified atom stereocenters. The molecule has 0 saturated heterocycles. The highest BCUT2D eigenvalue weighted by Crippen LogP contribution is 2.43. The summed E-state index contributed by atoms with van der Waals surface area (Å²) in [6.07, 6.45) is 1.85. The zero-order valence-electron chi connectivity index (χ0n) is 33.3. The maximum absolute atomic E-state index is 6.99. The molecule has 5 nitrogen and oxygen atoms in total. The summed E-state index contributed by atoms with van der Waals surface area (Å²) in [7, 11) is 2.20. The number of rotatable bonds is 8. The van der Waals surface area contributed by atoms with E-state index in [2.05, 4.69) is 174 Å². The summed E-state index contributed by atoms with van der Waals surface area (Å²) in [5.41, 5.74) is 16.1. The van der Waals surface area contributed by atoms with Gasteiger partial charge in [-0.15, -0.1) is 0 Å². The number of benzene rings is 5. The Hall–Kier alpha value is -5.55. The molecular weight excluding hydrogens is 661 g/mol. The Morgan fingerprint density at radius 2 is 1.31 bits per heavy atom. The first-order valence-electron chi connectivity index (χ1n) is 19.5. The molecule has 0 fully saturated rings. The van der Waals surface area contributed by atoms with Crippen molar-refractivity contribution in [1.29, 1.82) is 0 Å². The molecule has 3 heterocycles. The average Bonchev–Trinajstić information content (AvgIpc) is 3.68. The third kappa shape index (κ3) is 5.91. The molecule has 5 heteroatoms. The second-order valence-electron chi connectivity index (χ2n) is 16.2. The Bertz CT molecular complexity index is 2660. The number of furan rings is 1. The van der Waals surface area contributed by atoms with Gasteiger partial charge in [0, 0.05) is 39.6 Å². The van der Waals surface area contributed by atoms with Crippen LogP contribution < -0.4 is 4.57 Å². The normalized spacial score (nSPS) is 12.2. The first kappa shape index (κ1) is 35.5. The van der Waals surface area contributed by atoms with Crippen LogP contribution in [0.4, 0.5) is 0 Å². The molecule has 0 N–H and O–H groups in total. The van der Waals surface area contributed by atoms with Crippen molar-refractivity contribution in [2.24, 2.45) is 7.05 Å². The number of hydrogen-bond acceptors (Lipinski definition) is 3. The van der Waals surface area contributed by atoms with Crippen molar-refractivity contribution in [2.75, 3.05) is 0 Å². The predicted molar refractivity (Wildman–Crippen MR) is 225 cm³/mol. The Morgan fingerprint density at radius 3 is 1.98 bits per heavy atom. The lowest BCUT2D eigenvalue weighted by Crippen LogP contribution is -2.30. The topological polar surface area (TPSA) is 47.7 Å². The largest absolute Gasteiger partial charge is 0.455 e. The summed E-state index contributed by atoms with van der Waals surface area (Å²) in [4.78, 5) is 9.38. The number of hydrogen-bond donors (Lipinski definition) is 0. The maximum Gasteiger partial charge on any atom is 0.299 e. The first-order chi connectivity index (χ1) is 25.9. The van der Waals surface area contributed by atoms with E-state index in [0.717, 1.165) is 56.0 Å². The van der Waals surface area contributed by atoms with Crippen LogP contribution in [-0.4, -0.2) is 14.5 Å². The van der Waals surface area contributed by atoms with Gasteiger partial charge >= 0.3 is 0 Å². The van der Waals surface area contributed by atoms with Crippen LogP contribution in [0.25, 0.3) is 72.4 Å². The van der Waals surface area contributed by atoms with Gasteiger partial charge in [0.25, 0.3) is 5.82 Å². The molecule has 0 aliphatic rings. The van der Waals surface area contributed by atoms with E-state index in [-0.39, 0.29) is 17.8 Å². The number of aryl methyl sites for hydroxylation is 2. The van der Waals surface area contributed by atoms with Gasteiger partial charge in [0.15, 0.2) is 16.6 Å². The molecule has 0 spiro atoms. The SMILES string of the molecule is Cc1ccc2c(oc3cc(-c4ccnc(C(C)C)n4)ccc32)c1-c1n(-c2c(C(C)C)cc(-c3ccc(C(C)C)cc3)cc2C(C)C)c2ccccc2[n+]1C.